The normalized spacial score (nSPS) is 20.3. The molecule has 2 aromatic heterocycles. The summed E-state index contributed by atoms with van der Waals surface area (Å²) in [5.41, 5.74) is 0.565. The lowest BCUT2D eigenvalue weighted by Gasteiger charge is -2.45. The minimum absolute atomic E-state index is 0.00741. The predicted molar refractivity (Wildman–Crippen MR) is 140 cm³/mol. The monoisotopic (exact) mass is 540 g/mol. The lowest BCUT2D eigenvalue weighted by atomic mass is 9.75. The summed E-state index contributed by atoms with van der Waals surface area (Å²) >= 11 is 13.8. The van der Waals surface area contributed by atoms with E-state index < -0.39 is 17.4 Å². The number of aromatic nitrogens is 1. The zero-order valence-corrected chi connectivity index (χ0v) is 21.4. The number of pyridine rings is 1. The number of amides is 1. The largest absolute Gasteiger partial charge is 0.298 e. The molecule has 176 valence electrons. The van der Waals surface area contributed by atoms with Gasteiger partial charge in [-0.2, -0.15) is 11.3 Å². The molecule has 0 N–H and O–H groups in total. The van der Waals surface area contributed by atoms with Crippen LogP contribution < -0.4 is 0 Å². The van der Waals surface area contributed by atoms with Crippen molar-refractivity contribution in [1.82, 2.24) is 9.29 Å². The average Bonchev–Trinajstić information content (AvgIpc) is 3.40. The van der Waals surface area contributed by atoms with E-state index in [1.54, 1.807) is 42.5 Å². The van der Waals surface area contributed by atoms with Crippen LogP contribution in [0.4, 0.5) is 4.39 Å². The molecule has 1 amide bonds. The molecule has 2 atom stereocenters. The summed E-state index contributed by atoms with van der Waals surface area (Å²) in [5, 5.41) is 4.81. The first-order valence-corrected chi connectivity index (χ1v) is 13.2. The zero-order chi connectivity index (χ0) is 24.6. The van der Waals surface area contributed by atoms with Crippen molar-refractivity contribution in [3.05, 3.63) is 111 Å². The lowest BCUT2D eigenvalue weighted by molar-refractivity contribution is -0.142. The topological polar surface area (TPSA) is 50.3 Å². The van der Waals surface area contributed by atoms with Crippen LogP contribution in [0.25, 0.3) is 0 Å². The van der Waals surface area contributed by atoms with Crippen LogP contribution in [0.1, 0.15) is 29.2 Å². The van der Waals surface area contributed by atoms with Crippen molar-refractivity contribution < 1.29 is 14.0 Å². The van der Waals surface area contributed by atoms with Crippen molar-refractivity contribution in [1.29, 1.82) is 0 Å². The Morgan fingerprint density at radius 3 is 2.54 bits per heavy atom. The number of carbonyl (C=O) groups excluding carboxylic acids is 2. The number of piperidine rings is 1. The molecule has 2 aromatic carbocycles. The van der Waals surface area contributed by atoms with Gasteiger partial charge in [0.2, 0.25) is 5.91 Å². The third kappa shape index (κ3) is 4.40. The van der Waals surface area contributed by atoms with E-state index >= 15 is 0 Å². The molecule has 2 unspecified atom stereocenters. The zero-order valence-electron chi connectivity index (χ0n) is 18.1. The van der Waals surface area contributed by atoms with Gasteiger partial charge in [-0.3, -0.25) is 13.9 Å². The summed E-state index contributed by atoms with van der Waals surface area (Å²) in [6.07, 6.45) is -0.00741. The van der Waals surface area contributed by atoms with Gasteiger partial charge in [0.15, 0.2) is 5.78 Å². The van der Waals surface area contributed by atoms with Crippen LogP contribution in [0.5, 0.6) is 0 Å². The Labute approximate surface area is 220 Å². The van der Waals surface area contributed by atoms with Gasteiger partial charge >= 0.3 is 0 Å². The van der Waals surface area contributed by atoms with Crippen LogP contribution in [0.15, 0.2) is 93.5 Å². The van der Waals surface area contributed by atoms with Gasteiger partial charge in [-0.15, -0.1) is 0 Å². The van der Waals surface area contributed by atoms with E-state index in [2.05, 4.69) is 12.8 Å². The van der Waals surface area contributed by atoms with Gasteiger partial charge in [0.1, 0.15) is 22.3 Å². The second-order valence-corrected chi connectivity index (χ2v) is 10.7. The molecule has 4 aromatic rings. The number of hydrogen-bond donors (Lipinski definition) is 1. The molecule has 0 saturated carbocycles. The Balaban J connectivity index is 1.58. The summed E-state index contributed by atoms with van der Waals surface area (Å²) in [7, 11) is 0. The molecule has 9 heteroatoms. The SMILES string of the molecule is O=C1CC(c2ccsc2)(c2cccc(Sc3ccc(F)cc3)n2)N(S)C(=O)C1c1ccccc1Cl. The first-order chi connectivity index (χ1) is 16.9. The van der Waals surface area contributed by atoms with Crippen molar-refractivity contribution in [2.75, 3.05) is 0 Å². The fourth-order valence-electron chi connectivity index (χ4n) is 4.29. The number of halogens is 2. The summed E-state index contributed by atoms with van der Waals surface area (Å²) in [6, 6.07) is 20.3. The highest BCUT2D eigenvalue weighted by Crippen LogP contribution is 2.48. The number of benzene rings is 2. The van der Waals surface area contributed by atoms with E-state index in [1.807, 2.05) is 29.0 Å². The molecule has 1 fully saturated rings. The number of rotatable bonds is 5. The van der Waals surface area contributed by atoms with Gasteiger partial charge in [0.05, 0.1) is 5.69 Å². The van der Waals surface area contributed by atoms with Crippen LogP contribution >= 0.6 is 47.5 Å². The maximum atomic E-state index is 13.7. The third-order valence-electron chi connectivity index (χ3n) is 5.97. The molecular weight excluding hydrogens is 523 g/mol. The Kier molecular flexibility index (Phi) is 6.72. The maximum absolute atomic E-state index is 13.7. The van der Waals surface area contributed by atoms with Crippen molar-refractivity contribution >= 4 is 59.2 Å². The molecule has 0 spiro atoms. The molecule has 1 saturated heterocycles. The van der Waals surface area contributed by atoms with Gasteiger partial charge in [-0.05, 0) is 70.4 Å². The van der Waals surface area contributed by atoms with Gasteiger partial charge < -0.3 is 0 Å². The summed E-state index contributed by atoms with van der Waals surface area (Å²) in [5.74, 6) is -2.06. The highest BCUT2D eigenvalue weighted by atomic mass is 35.5. The number of hydrogen-bond acceptors (Lipinski definition) is 6. The van der Waals surface area contributed by atoms with Crippen molar-refractivity contribution in [2.45, 2.75) is 27.8 Å². The number of ketones is 1. The van der Waals surface area contributed by atoms with E-state index in [9.17, 15) is 14.0 Å². The molecule has 0 radical (unpaired) electrons. The number of carbonyl (C=O) groups is 2. The molecule has 4 nitrogen and oxygen atoms in total. The van der Waals surface area contributed by atoms with E-state index in [0.717, 1.165) is 10.5 Å². The van der Waals surface area contributed by atoms with Gasteiger partial charge in [-0.25, -0.2) is 9.37 Å². The number of Topliss-reactive ketones (excluding diaryl/α,β-unsaturated/α-hetero) is 1. The van der Waals surface area contributed by atoms with Gasteiger partial charge in [0.25, 0.3) is 0 Å². The van der Waals surface area contributed by atoms with Crippen molar-refractivity contribution in [2.24, 2.45) is 0 Å². The van der Waals surface area contributed by atoms with Crippen LogP contribution in [0.2, 0.25) is 5.02 Å². The highest BCUT2D eigenvalue weighted by molar-refractivity contribution is 7.99. The van der Waals surface area contributed by atoms with E-state index in [-0.39, 0.29) is 18.0 Å². The fraction of sp³-hybridized carbons (Fsp3) is 0.115. The first-order valence-electron chi connectivity index (χ1n) is 10.6. The Bertz CT molecular complexity index is 1400. The minimum atomic E-state index is -1.19. The first kappa shape index (κ1) is 24.1. The van der Waals surface area contributed by atoms with E-state index in [0.29, 0.717) is 21.3 Å². The van der Waals surface area contributed by atoms with Crippen LogP contribution in [0, 0.1) is 5.82 Å². The summed E-state index contributed by atoms with van der Waals surface area (Å²) in [6.45, 7) is 0. The average molecular weight is 541 g/mol. The minimum Gasteiger partial charge on any atom is -0.298 e. The Hall–Kier alpha value is -2.65. The van der Waals surface area contributed by atoms with Crippen LogP contribution in [-0.4, -0.2) is 21.0 Å². The second-order valence-electron chi connectivity index (χ2n) is 8.04. The predicted octanol–water partition coefficient (Wildman–Crippen LogP) is 6.76. The molecule has 3 heterocycles. The van der Waals surface area contributed by atoms with Crippen molar-refractivity contribution in [3.8, 4) is 0 Å². The fourth-order valence-corrected chi connectivity index (χ4v) is 6.47. The smallest absolute Gasteiger partial charge is 0.248 e. The quantitative estimate of drug-likeness (QED) is 0.224. The van der Waals surface area contributed by atoms with Gasteiger partial charge in [-0.1, -0.05) is 60.4 Å². The van der Waals surface area contributed by atoms with Gasteiger partial charge in [0, 0.05) is 16.3 Å². The molecule has 0 bridgehead atoms. The van der Waals surface area contributed by atoms with E-state index in [1.165, 1.54) is 39.5 Å². The molecule has 5 rings (SSSR count). The molecule has 1 aliphatic heterocycles. The van der Waals surface area contributed by atoms with Crippen LogP contribution in [-0.2, 0) is 15.1 Å². The summed E-state index contributed by atoms with van der Waals surface area (Å²) < 4.78 is 14.7. The Morgan fingerprint density at radius 2 is 1.83 bits per heavy atom. The Morgan fingerprint density at radius 1 is 1.06 bits per heavy atom. The molecular formula is C26H18ClFN2O2S3. The second kappa shape index (κ2) is 9.78. The highest BCUT2D eigenvalue weighted by Gasteiger charge is 2.53. The third-order valence-corrected chi connectivity index (χ3v) is 8.48. The maximum Gasteiger partial charge on any atom is 0.248 e. The molecule has 1 aliphatic rings. The molecule has 0 aliphatic carbocycles. The molecule has 35 heavy (non-hydrogen) atoms. The van der Waals surface area contributed by atoms with Crippen LogP contribution in [0.3, 0.4) is 0 Å². The number of thiol groups is 1. The summed E-state index contributed by atoms with van der Waals surface area (Å²) in [4.78, 5) is 32.9. The van der Waals surface area contributed by atoms with E-state index in [4.69, 9.17) is 16.6 Å². The number of nitrogens with zero attached hydrogens (tertiary/aromatic N) is 2. The van der Waals surface area contributed by atoms with Crippen molar-refractivity contribution in [3.63, 3.8) is 0 Å². The number of thiophene rings is 1. The standard InChI is InChI=1S/C26H18ClFN2O2S3/c27-20-5-2-1-4-19(20)24-21(31)14-26(30(33)25(24)32,16-12-13-34-15-16)22-6-3-7-23(29-22)35-18-10-8-17(28)9-11-18/h1-13,15,24,33H,14H2. The lowest BCUT2D eigenvalue weighted by Crippen LogP contribution is -2.54.